The van der Waals surface area contributed by atoms with Crippen molar-refractivity contribution in [3.8, 4) is 0 Å². The van der Waals surface area contributed by atoms with Gasteiger partial charge in [-0.25, -0.2) is 5.84 Å². The van der Waals surface area contributed by atoms with E-state index >= 15 is 0 Å². The van der Waals surface area contributed by atoms with Crippen LogP contribution in [0.25, 0.3) is 0 Å². The van der Waals surface area contributed by atoms with Gasteiger partial charge < -0.3 is 4.90 Å². The molecule has 0 spiro atoms. The lowest BCUT2D eigenvalue weighted by molar-refractivity contribution is -0.121. The van der Waals surface area contributed by atoms with Crippen LogP contribution in [0.4, 0.5) is 0 Å². The fourth-order valence-corrected chi connectivity index (χ4v) is 2.02. The van der Waals surface area contributed by atoms with Crippen LogP contribution in [0.3, 0.4) is 0 Å². The Labute approximate surface area is 90.6 Å². The van der Waals surface area contributed by atoms with Crippen LogP contribution in [0.2, 0.25) is 0 Å². The second-order valence-electron chi connectivity index (χ2n) is 3.44. The highest BCUT2D eigenvalue weighted by atomic mass is 32.2. The number of hydrogen-bond acceptors (Lipinski definition) is 4. The molecule has 84 valence electrons. The fourth-order valence-electron chi connectivity index (χ4n) is 0.911. The number of amides is 1. The Bertz CT molecular complexity index is 153. The number of hydrazine groups is 1. The zero-order valence-electron chi connectivity index (χ0n) is 9.08. The number of nitrogens with two attached hydrogens (primary N) is 1. The molecule has 0 aliphatic rings. The summed E-state index contributed by atoms with van der Waals surface area (Å²) in [6.07, 6.45) is 2.56. The summed E-state index contributed by atoms with van der Waals surface area (Å²) in [6, 6.07) is 0. The number of unbranched alkanes of at least 4 members (excludes halogenated alkanes) is 1. The predicted molar refractivity (Wildman–Crippen MR) is 62.1 cm³/mol. The monoisotopic (exact) mass is 219 g/mol. The van der Waals surface area contributed by atoms with Crippen molar-refractivity contribution in [2.24, 2.45) is 5.84 Å². The Morgan fingerprint density at radius 1 is 1.36 bits per heavy atom. The average Bonchev–Trinajstić information content (AvgIpc) is 2.15. The Kier molecular flexibility index (Phi) is 9.13. The maximum absolute atomic E-state index is 10.7. The molecule has 4 nitrogen and oxygen atoms in total. The molecular weight excluding hydrogens is 198 g/mol. The molecule has 0 atom stereocenters. The number of carbonyl (C=O) groups is 1. The number of carbonyl (C=O) groups excluding carboxylic acids is 1. The molecule has 0 rings (SSSR count). The van der Waals surface area contributed by atoms with E-state index in [2.05, 4.69) is 24.4 Å². The van der Waals surface area contributed by atoms with Gasteiger partial charge in [0, 0.05) is 18.7 Å². The number of hydrogen-bond donors (Lipinski definition) is 2. The van der Waals surface area contributed by atoms with Crippen molar-refractivity contribution in [2.45, 2.75) is 19.3 Å². The number of nitrogens with one attached hydrogen (secondary N) is 1. The van der Waals surface area contributed by atoms with Gasteiger partial charge in [-0.15, -0.1) is 0 Å². The summed E-state index contributed by atoms with van der Waals surface area (Å²) in [6.45, 7) is 1.12. The molecule has 0 aromatic rings. The van der Waals surface area contributed by atoms with E-state index in [1.165, 1.54) is 0 Å². The minimum Gasteiger partial charge on any atom is -0.309 e. The summed E-state index contributed by atoms with van der Waals surface area (Å²) >= 11 is 1.94. The molecule has 0 fully saturated rings. The molecule has 0 heterocycles. The van der Waals surface area contributed by atoms with E-state index in [1.54, 1.807) is 0 Å². The minimum absolute atomic E-state index is 0.0664. The lowest BCUT2D eigenvalue weighted by Crippen LogP contribution is -2.29. The van der Waals surface area contributed by atoms with E-state index in [9.17, 15) is 4.79 Å². The van der Waals surface area contributed by atoms with Crippen LogP contribution in [0, 0.1) is 0 Å². The van der Waals surface area contributed by atoms with Crippen molar-refractivity contribution >= 4 is 17.7 Å². The molecule has 0 aromatic carbocycles. The first-order valence-corrected chi connectivity index (χ1v) is 6.04. The molecule has 0 radical (unpaired) electrons. The molecule has 0 saturated heterocycles. The average molecular weight is 219 g/mol. The summed E-state index contributed by atoms with van der Waals surface area (Å²) in [7, 11) is 4.15. The van der Waals surface area contributed by atoms with Crippen LogP contribution in [0.15, 0.2) is 0 Å². The van der Waals surface area contributed by atoms with Crippen LogP contribution in [-0.4, -0.2) is 43.0 Å². The normalized spacial score (nSPS) is 10.6. The Morgan fingerprint density at radius 2 is 2.07 bits per heavy atom. The van der Waals surface area contributed by atoms with E-state index in [4.69, 9.17) is 5.84 Å². The van der Waals surface area contributed by atoms with E-state index in [-0.39, 0.29) is 5.91 Å². The number of nitrogens with zero attached hydrogens (tertiary/aromatic N) is 1. The molecule has 5 heteroatoms. The third kappa shape index (κ3) is 9.83. The second-order valence-corrected chi connectivity index (χ2v) is 4.67. The fraction of sp³-hybridized carbons (Fsp3) is 0.889. The molecule has 0 aliphatic carbocycles. The van der Waals surface area contributed by atoms with Crippen molar-refractivity contribution in [3.63, 3.8) is 0 Å². The quantitative estimate of drug-likeness (QED) is 0.269. The maximum atomic E-state index is 10.7. The minimum atomic E-state index is -0.0664. The van der Waals surface area contributed by atoms with Crippen molar-refractivity contribution in [2.75, 3.05) is 32.1 Å². The predicted octanol–water partition coefficient (Wildman–Crippen LogP) is 0.441. The second kappa shape index (κ2) is 9.30. The number of thioether (sulfide) groups is 1. The van der Waals surface area contributed by atoms with E-state index in [0.29, 0.717) is 6.42 Å². The van der Waals surface area contributed by atoms with Gasteiger partial charge in [0.1, 0.15) is 0 Å². The Hall–Kier alpha value is -0.260. The van der Waals surface area contributed by atoms with Crippen molar-refractivity contribution in [1.29, 1.82) is 0 Å². The van der Waals surface area contributed by atoms with Gasteiger partial charge in [-0.2, -0.15) is 11.8 Å². The third-order valence-corrected chi connectivity index (χ3v) is 2.83. The standard InChI is InChI=1S/C9H21N3OS/c1-12(2)6-8-14-7-4-3-5-9(13)11-10/h3-8,10H2,1-2H3,(H,11,13). The van der Waals surface area contributed by atoms with Crippen molar-refractivity contribution < 1.29 is 4.79 Å². The summed E-state index contributed by atoms with van der Waals surface area (Å²) in [4.78, 5) is 12.9. The van der Waals surface area contributed by atoms with Gasteiger partial charge in [-0.1, -0.05) is 0 Å². The maximum Gasteiger partial charge on any atom is 0.233 e. The first-order chi connectivity index (χ1) is 6.66. The van der Waals surface area contributed by atoms with Gasteiger partial charge in [-0.3, -0.25) is 10.2 Å². The van der Waals surface area contributed by atoms with E-state index < -0.39 is 0 Å². The summed E-state index contributed by atoms with van der Waals surface area (Å²) < 4.78 is 0. The molecular formula is C9H21N3OS. The molecule has 0 aromatic heterocycles. The van der Waals surface area contributed by atoms with Crippen molar-refractivity contribution in [3.05, 3.63) is 0 Å². The summed E-state index contributed by atoms with van der Waals surface area (Å²) in [5.74, 6) is 7.18. The molecule has 0 saturated carbocycles. The smallest absolute Gasteiger partial charge is 0.233 e. The van der Waals surface area contributed by atoms with Gasteiger partial charge in [0.05, 0.1) is 0 Å². The largest absolute Gasteiger partial charge is 0.309 e. The van der Waals surface area contributed by atoms with Gasteiger partial charge >= 0.3 is 0 Å². The lowest BCUT2D eigenvalue weighted by atomic mass is 10.2. The lowest BCUT2D eigenvalue weighted by Gasteiger charge is -2.08. The van der Waals surface area contributed by atoms with Crippen LogP contribution in [0.5, 0.6) is 0 Å². The van der Waals surface area contributed by atoms with Crippen LogP contribution < -0.4 is 11.3 Å². The first kappa shape index (κ1) is 13.7. The third-order valence-electron chi connectivity index (χ3n) is 1.79. The molecule has 0 aliphatic heterocycles. The zero-order valence-corrected chi connectivity index (χ0v) is 9.90. The van der Waals surface area contributed by atoms with Gasteiger partial charge in [0.2, 0.25) is 5.91 Å². The van der Waals surface area contributed by atoms with Crippen molar-refractivity contribution in [1.82, 2.24) is 10.3 Å². The molecule has 14 heavy (non-hydrogen) atoms. The molecule has 3 N–H and O–H groups in total. The SMILES string of the molecule is CN(C)CCSCCCCC(=O)NN. The highest BCUT2D eigenvalue weighted by Crippen LogP contribution is 2.05. The first-order valence-electron chi connectivity index (χ1n) is 4.88. The molecule has 0 unspecified atom stereocenters. The Balaban J connectivity index is 3.03. The zero-order chi connectivity index (χ0) is 10.8. The van der Waals surface area contributed by atoms with E-state index in [1.807, 2.05) is 11.8 Å². The summed E-state index contributed by atoms with van der Waals surface area (Å²) in [5.41, 5.74) is 2.13. The number of rotatable bonds is 8. The van der Waals surface area contributed by atoms with E-state index in [0.717, 1.165) is 30.9 Å². The topological polar surface area (TPSA) is 58.4 Å². The molecule has 0 bridgehead atoms. The Morgan fingerprint density at radius 3 is 2.64 bits per heavy atom. The van der Waals surface area contributed by atoms with Crippen LogP contribution in [-0.2, 0) is 4.79 Å². The molecule has 1 amide bonds. The highest BCUT2D eigenvalue weighted by molar-refractivity contribution is 7.99. The highest BCUT2D eigenvalue weighted by Gasteiger charge is 1.97. The van der Waals surface area contributed by atoms with Crippen LogP contribution >= 0.6 is 11.8 Å². The van der Waals surface area contributed by atoms with Gasteiger partial charge in [0.15, 0.2) is 0 Å². The summed E-state index contributed by atoms with van der Waals surface area (Å²) in [5, 5.41) is 0. The van der Waals surface area contributed by atoms with Gasteiger partial charge in [-0.05, 0) is 32.7 Å². The van der Waals surface area contributed by atoms with Crippen LogP contribution in [0.1, 0.15) is 19.3 Å². The van der Waals surface area contributed by atoms with Gasteiger partial charge in [0.25, 0.3) is 0 Å².